The first-order valence-corrected chi connectivity index (χ1v) is 7.16. The minimum atomic E-state index is 0.167. The first kappa shape index (κ1) is 9.92. The number of ether oxygens (including phenoxy) is 2. The molecule has 0 amide bonds. The maximum absolute atomic E-state index is 5.92. The van der Waals surface area contributed by atoms with Gasteiger partial charge in [0.05, 0.1) is 0 Å². The van der Waals surface area contributed by atoms with Crippen LogP contribution in [0, 0.1) is 0 Å². The van der Waals surface area contributed by atoms with Crippen molar-refractivity contribution >= 4 is 10.8 Å². The first-order valence-electron chi connectivity index (χ1n) is 7.16. The van der Waals surface area contributed by atoms with E-state index >= 15 is 0 Å². The molecule has 6 rings (SSSR count). The quantitative estimate of drug-likeness (QED) is 0.661. The number of fused-ring (bicyclic) bond motifs is 11. The smallest absolute Gasteiger partial charge is 0.102 e. The van der Waals surface area contributed by atoms with E-state index in [4.69, 9.17) is 9.47 Å². The summed E-state index contributed by atoms with van der Waals surface area (Å²) in [4.78, 5) is 0. The topological polar surface area (TPSA) is 18.5 Å². The van der Waals surface area contributed by atoms with Gasteiger partial charge >= 0.3 is 0 Å². The molecule has 4 heterocycles. The molecular formula is C18H12O2. The predicted molar refractivity (Wildman–Crippen MR) is 75.4 cm³/mol. The Morgan fingerprint density at radius 1 is 0.500 bits per heavy atom. The third kappa shape index (κ3) is 1.02. The van der Waals surface area contributed by atoms with Gasteiger partial charge < -0.3 is 9.47 Å². The summed E-state index contributed by atoms with van der Waals surface area (Å²) in [6, 6.07) is 9.20. The van der Waals surface area contributed by atoms with Crippen molar-refractivity contribution in [1.82, 2.24) is 0 Å². The van der Waals surface area contributed by atoms with E-state index < -0.39 is 0 Å². The Balaban J connectivity index is 1.66. The molecule has 4 aliphatic heterocycles. The lowest BCUT2D eigenvalue weighted by Gasteiger charge is -2.13. The van der Waals surface area contributed by atoms with Gasteiger partial charge in [0.1, 0.15) is 24.4 Å². The van der Waals surface area contributed by atoms with Gasteiger partial charge in [0.25, 0.3) is 0 Å². The van der Waals surface area contributed by atoms with E-state index in [0.717, 1.165) is 0 Å². The van der Waals surface area contributed by atoms with Crippen LogP contribution in [0.15, 0.2) is 48.6 Å². The first-order chi connectivity index (χ1) is 9.87. The molecule has 0 radical (unpaired) electrons. The molecule has 0 fully saturated rings. The van der Waals surface area contributed by atoms with Crippen LogP contribution >= 0.6 is 0 Å². The zero-order chi connectivity index (χ0) is 12.8. The third-order valence-corrected chi connectivity index (χ3v) is 4.98. The van der Waals surface area contributed by atoms with Crippen LogP contribution in [0.1, 0.15) is 46.7 Å². The van der Waals surface area contributed by atoms with Crippen LogP contribution in [0.5, 0.6) is 0 Å². The standard InChI is InChI=1S/C18H12O2/c1-2-16-12-6-10-8-14-13(17-3-4-18(14)20-17)7-9(10)5-11(12)15(1)19-16/h1-8,15-18H. The van der Waals surface area contributed by atoms with Gasteiger partial charge in [-0.3, -0.25) is 0 Å². The molecule has 4 aliphatic rings. The normalized spacial score (nSPS) is 34.2. The molecule has 2 aromatic rings. The van der Waals surface area contributed by atoms with Crippen LogP contribution in [-0.2, 0) is 9.47 Å². The summed E-state index contributed by atoms with van der Waals surface area (Å²) in [7, 11) is 0. The Morgan fingerprint density at radius 2 is 0.800 bits per heavy atom. The van der Waals surface area contributed by atoms with Crippen molar-refractivity contribution in [2.45, 2.75) is 24.4 Å². The lowest BCUT2D eigenvalue weighted by atomic mass is 9.89. The second kappa shape index (κ2) is 3.05. The zero-order valence-electron chi connectivity index (χ0n) is 10.7. The Bertz CT molecular complexity index is 713. The molecular weight excluding hydrogens is 248 g/mol. The van der Waals surface area contributed by atoms with E-state index in [9.17, 15) is 0 Å². The summed E-state index contributed by atoms with van der Waals surface area (Å²) in [5, 5.41) is 2.60. The van der Waals surface area contributed by atoms with Gasteiger partial charge in [-0.05, 0) is 57.3 Å². The Morgan fingerprint density at radius 3 is 1.10 bits per heavy atom. The van der Waals surface area contributed by atoms with Gasteiger partial charge in [-0.1, -0.05) is 24.3 Å². The number of hydrogen-bond acceptors (Lipinski definition) is 2. The van der Waals surface area contributed by atoms with Crippen molar-refractivity contribution in [2.75, 3.05) is 0 Å². The maximum Gasteiger partial charge on any atom is 0.102 e. The van der Waals surface area contributed by atoms with Crippen molar-refractivity contribution in [3.63, 3.8) is 0 Å². The Kier molecular flexibility index (Phi) is 1.51. The molecule has 4 atom stereocenters. The highest BCUT2D eigenvalue weighted by atomic mass is 16.5. The van der Waals surface area contributed by atoms with Gasteiger partial charge in [-0.25, -0.2) is 0 Å². The van der Waals surface area contributed by atoms with Crippen LogP contribution in [0.2, 0.25) is 0 Å². The number of benzene rings is 2. The summed E-state index contributed by atoms with van der Waals surface area (Å²) in [6.45, 7) is 0. The predicted octanol–water partition coefficient (Wildman–Crippen LogP) is 4.20. The minimum Gasteiger partial charge on any atom is -0.357 e. The monoisotopic (exact) mass is 260 g/mol. The Hall–Kier alpha value is -1.90. The molecule has 96 valence electrons. The molecule has 0 spiro atoms. The van der Waals surface area contributed by atoms with Crippen molar-refractivity contribution in [3.05, 3.63) is 70.8 Å². The van der Waals surface area contributed by atoms with Gasteiger partial charge in [0.15, 0.2) is 0 Å². The second-order valence-electron chi connectivity index (χ2n) is 6.03. The molecule has 20 heavy (non-hydrogen) atoms. The minimum absolute atomic E-state index is 0.167. The van der Waals surface area contributed by atoms with Crippen LogP contribution in [-0.4, -0.2) is 0 Å². The molecule has 2 aromatic carbocycles. The highest BCUT2D eigenvalue weighted by molar-refractivity contribution is 5.87. The van der Waals surface area contributed by atoms with E-state index in [1.165, 1.54) is 33.0 Å². The molecule has 2 heteroatoms. The summed E-state index contributed by atoms with van der Waals surface area (Å²) < 4.78 is 11.8. The number of rotatable bonds is 0. The van der Waals surface area contributed by atoms with Gasteiger partial charge in [-0.15, -0.1) is 0 Å². The van der Waals surface area contributed by atoms with Crippen molar-refractivity contribution in [3.8, 4) is 0 Å². The van der Waals surface area contributed by atoms with Crippen LogP contribution in [0.4, 0.5) is 0 Å². The Labute approximate surface area is 116 Å². The molecule has 4 bridgehead atoms. The van der Waals surface area contributed by atoms with Crippen molar-refractivity contribution in [1.29, 1.82) is 0 Å². The molecule has 0 saturated heterocycles. The van der Waals surface area contributed by atoms with Crippen molar-refractivity contribution < 1.29 is 9.47 Å². The van der Waals surface area contributed by atoms with Gasteiger partial charge in [0.2, 0.25) is 0 Å². The van der Waals surface area contributed by atoms with Crippen LogP contribution in [0.25, 0.3) is 10.8 Å². The van der Waals surface area contributed by atoms with E-state index in [1.807, 2.05) is 0 Å². The summed E-state index contributed by atoms with van der Waals surface area (Å²) in [5.74, 6) is 0. The molecule has 0 saturated carbocycles. The van der Waals surface area contributed by atoms with Crippen molar-refractivity contribution in [2.24, 2.45) is 0 Å². The summed E-state index contributed by atoms with van der Waals surface area (Å²) in [5.41, 5.74) is 5.35. The largest absolute Gasteiger partial charge is 0.357 e. The molecule has 2 nitrogen and oxygen atoms in total. The van der Waals surface area contributed by atoms with Gasteiger partial charge in [-0.2, -0.15) is 0 Å². The lowest BCUT2D eigenvalue weighted by Crippen LogP contribution is -1.96. The average Bonchev–Trinajstić information content (AvgIpc) is 3.23. The average molecular weight is 260 g/mol. The fourth-order valence-corrected chi connectivity index (χ4v) is 4.01. The highest BCUT2D eigenvalue weighted by Gasteiger charge is 2.36. The summed E-state index contributed by atoms with van der Waals surface area (Å²) in [6.07, 6.45) is 9.33. The second-order valence-corrected chi connectivity index (χ2v) is 6.03. The molecule has 0 aliphatic carbocycles. The SMILES string of the molecule is C1=CC2OC1c1cc3cc4c(cc3cc12)C1C=CC4O1. The fourth-order valence-electron chi connectivity index (χ4n) is 4.01. The van der Waals surface area contributed by atoms with E-state index in [2.05, 4.69) is 48.6 Å². The van der Waals surface area contributed by atoms with Crippen LogP contribution in [0.3, 0.4) is 0 Å². The fraction of sp³-hybridized carbons (Fsp3) is 0.222. The van der Waals surface area contributed by atoms with E-state index in [0.29, 0.717) is 0 Å². The maximum atomic E-state index is 5.92. The van der Waals surface area contributed by atoms with Crippen LogP contribution < -0.4 is 0 Å². The highest BCUT2D eigenvalue weighted by Crippen LogP contribution is 2.50. The molecule has 0 aromatic heterocycles. The van der Waals surface area contributed by atoms with E-state index in [1.54, 1.807) is 0 Å². The molecule has 4 unspecified atom stereocenters. The number of hydrogen-bond donors (Lipinski definition) is 0. The van der Waals surface area contributed by atoms with E-state index in [-0.39, 0.29) is 24.4 Å². The third-order valence-electron chi connectivity index (χ3n) is 4.98. The summed E-state index contributed by atoms with van der Waals surface area (Å²) >= 11 is 0. The zero-order valence-corrected chi connectivity index (χ0v) is 10.7. The molecule has 0 N–H and O–H groups in total. The lowest BCUT2D eigenvalue weighted by molar-refractivity contribution is 0.0878. The van der Waals surface area contributed by atoms with Gasteiger partial charge in [0, 0.05) is 0 Å².